The fourth-order valence-electron chi connectivity index (χ4n) is 2.81. The summed E-state index contributed by atoms with van der Waals surface area (Å²) in [5.41, 5.74) is -0.698. The van der Waals surface area contributed by atoms with Crippen molar-refractivity contribution in [2.45, 2.75) is 9.79 Å². The van der Waals surface area contributed by atoms with Gasteiger partial charge >= 0.3 is 5.63 Å². The van der Waals surface area contributed by atoms with Crippen molar-refractivity contribution in [3.8, 4) is 0 Å². The maximum absolute atomic E-state index is 12.5. The number of rotatable bonds is 6. The summed E-state index contributed by atoms with van der Waals surface area (Å²) in [6, 6.07) is 8.23. The van der Waals surface area contributed by atoms with Gasteiger partial charge in [-0.2, -0.15) is 0 Å². The van der Waals surface area contributed by atoms with Crippen LogP contribution in [0.3, 0.4) is 0 Å². The summed E-state index contributed by atoms with van der Waals surface area (Å²) >= 11 is 0. The first-order valence-corrected chi connectivity index (χ1v) is 11.3. The molecule has 0 spiro atoms. The largest absolute Gasteiger partial charge is 0.422 e. The van der Waals surface area contributed by atoms with E-state index >= 15 is 0 Å². The average molecular weight is 441 g/mol. The van der Waals surface area contributed by atoms with Gasteiger partial charge < -0.3 is 4.42 Å². The van der Waals surface area contributed by atoms with Gasteiger partial charge in [0.05, 0.1) is 15.2 Å². The van der Waals surface area contributed by atoms with Gasteiger partial charge in [0.2, 0.25) is 0 Å². The molecule has 1 heterocycles. The van der Waals surface area contributed by atoms with Crippen LogP contribution >= 0.6 is 0 Å². The standard InChI is InChI=1S/C17H20N4O6S2/c1-20(2)18-28(23,24)11-5-7-13-14-8-6-12(29(25,26)19-21(3)4)10-16(14)27-17(22)15(13)9-11/h5-10,18-19H,1-4H3. The summed E-state index contributed by atoms with van der Waals surface area (Å²) < 4.78 is 54.6. The van der Waals surface area contributed by atoms with E-state index < -0.39 is 25.7 Å². The van der Waals surface area contributed by atoms with Gasteiger partial charge in [-0.25, -0.2) is 31.6 Å². The van der Waals surface area contributed by atoms with E-state index in [-0.39, 0.29) is 20.8 Å². The Balaban J connectivity index is 2.20. The first kappa shape index (κ1) is 21.4. The molecule has 0 saturated heterocycles. The molecule has 2 N–H and O–H groups in total. The van der Waals surface area contributed by atoms with Crippen molar-refractivity contribution >= 4 is 41.8 Å². The van der Waals surface area contributed by atoms with E-state index in [1.54, 1.807) is 0 Å². The van der Waals surface area contributed by atoms with Gasteiger partial charge in [0.15, 0.2) is 0 Å². The van der Waals surface area contributed by atoms with E-state index in [2.05, 4.69) is 9.66 Å². The Morgan fingerprint density at radius 1 is 0.724 bits per heavy atom. The van der Waals surface area contributed by atoms with Crippen LogP contribution in [0.1, 0.15) is 0 Å². The summed E-state index contributed by atoms with van der Waals surface area (Å²) in [6.07, 6.45) is 0. The molecule has 0 radical (unpaired) electrons. The topological polar surface area (TPSA) is 129 Å². The summed E-state index contributed by atoms with van der Waals surface area (Å²) in [5, 5.41) is 3.55. The van der Waals surface area contributed by atoms with Gasteiger partial charge in [-0.1, -0.05) is 6.07 Å². The maximum atomic E-state index is 12.5. The minimum absolute atomic E-state index is 0.0705. The molecular weight excluding hydrogens is 420 g/mol. The normalized spacial score (nSPS) is 13.0. The molecule has 0 aliphatic heterocycles. The third-order valence-electron chi connectivity index (χ3n) is 3.88. The maximum Gasteiger partial charge on any atom is 0.344 e. The van der Waals surface area contributed by atoms with Crippen molar-refractivity contribution < 1.29 is 21.3 Å². The zero-order chi connectivity index (χ0) is 21.6. The molecule has 0 unspecified atom stereocenters. The van der Waals surface area contributed by atoms with Gasteiger partial charge in [0, 0.05) is 45.0 Å². The van der Waals surface area contributed by atoms with Crippen molar-refractivity contribution in [1.29, 1.82) is 0 Å². The molecule has 1 aromatic heterocycles. The molecule has 0 bridgehead atoms. The Morgan fingerprint density at radius 3 is 1.72 bits per heavy atom. The lowest BCUT2D eigenvalue weighted by molar-refractivity contribution is 0.363. The Bertz CT molecular complexity index is 1360. The van der Waals surface area contributed by atoms with Crippen LogP contribution in [-0.4, -0.2) is 55.0 Å². The number of sulfonamides is 2. The molecule has 0 atom stereocenters. The Hall–Kier alpha value is -2.35. The first-order chi connectivity index (χ1) is 13.4. The van der Waals surface area contributed by atoms with Crippen molar-refractivity contribution in [3.63, 3.8) is 0 Å². The smallest absolute Gasteiger partial charge is 0.344 e. The first-order valence-electron chi connectivity index (χ1n) is 8.31. The van der Waals surface area contributed by atoms with Crippen molar-refractivity contribution in [2.24, 2.45) is 0 Å². The van der Waals surface area contributed by atoms with Crippen LogP contribution in [0.15, 0.2) is 55.4 Å². The van der Waals surface area contributed by atoms with Gasteiger partial charge in [-0.15, -0.1) is 9.66 Å². The molecular formula is C17H20N4O6S2. The molecule has 29 heavy (non-hydrogen) atoms. The third kappa shape index (κ3) is 4.32. The van der Waals surface area contributed by atoms with Crippen molar-refractivity contribution in [1.82, 2.24) is 19.7 Å². The highest BCUT2D eigenvalue weighted by Gasteiger charge is 2.20. The quantitative estimate of drug-likeness (QED) is 0.321. The molecule has 2 aromatic carbocycles. The summed E-state index contributed by atoms with van der Waals surface area (Å²) in [7, 11) is -1.58. The predicted octanol–water partition coefficient (Wildman–Crippen LogP) is 0.456. The third-order valence-corrected chi connectivity index (χ3v) is 6.84. The zero-order valence-electron chi connectivity index (χ0n) is 16.1. The van der Waals surface area contributed by atoms with Gasteiger partial charge in [-0.05, 0) is 24.3 Å². The minimum atomic E-state index is -3.86. The number of nitrogens with zero attached hydrogens (tertiary/aromatic N) is 2. The molecule has 10 nitrogen and oxygen atoms in total. The highest BCUT2D eigenvalue weighted by atomic mass is 32.2. The molecule has 3 aromatic rings. The van der Waals surface area contributed by atoms with E-state index in [0.29, 0.717) is 10.8 Å². The molecule has 0 aliphatic rings. The van der Waals surface area contributed by atoms with Crippen LogP contribution in [0.2, 0.25) is 0 Å². The Kier molecular flexibility index (Phi) is 5.51. The lowest BCUT2D eigenvalue weighted by Crippen LogP contribution is -2.36. The molecule has 0 amide bonds. The number of hydrazine groups is 2. The van der Waals surface area contributed by atoms with Crippen molar-refractivity contribution in [2.75, 3.05) is 28.2 Å². The second kappa shape index (κ2) is 7.48. The molecule has 156 valence electrons. The van der Waals surface area contributed by atoms with E-state index in [1.165, 1.54) is 74.6 Å². The lowest BCUT2D eigenvalue weighted by Gasteiger charge is -2.14. The van der Waals surface area contributed by atoms with Crippen LogP contribution in [0.25, 0.3) is 21.7 Å². The van der Waals surface area contributed by atoms with Crippen LogP contribution in [0.5, 0.6) is 0 Å². The molecule has 3 rings (SSSR count). The summed E-state index contributed by atoms with van der Waals surface area (Å²) in [6.45, 7) is 0. The number of hydrogen-bond acceptors (Lipinski definition) is 8. The average Bonchev–Trinajstić information content (AvgIpc) is 2.59. The Morgan fingerprint density at radius 2 is 1.21 bits per heavy atom. The number of hydrogen-bond donors (Lipinski definition) is 2. The zero-order valence-corrected chi connectivity index (χ0v) is 17.8. The van der Waals surface area contributed by atoms with Gasteiger partial charge in [0.1, 0.15) is 5.58 Å². The SMILES string of the molecule is CN(C)NS(=O)(=O)c1ccc2c(c1)oc(=O)c1cc(S(=O)(=O)NN(C)C)ccc12. The number of benzene rings is 2. The van der Waals surface area contributed by atoms with E-state index in [0.717, 1.165) is 0 Å². The molecule has 12 heteroatoms. The fraction of sp³-hybridized carbons (Fsp3) is 0.235. The van der Waals surface area contributed by atoms with Gasteiger partial charge in [-0.3, -0.25) is 0 Å². The highest BCUT2D eigenvalue weighted by Crippen LogP contribution is 2.27. The molecule has 0 saturated carbocycles. The van der Waals surface area contributed by atoms with Crippen LogP contribution < -0.4 is 15.3 Å². The van der Waals surface area contributed by atoms with Crippen molar-refractivity contribution in [3.05, 3.63) is 46.8 Å². The number of fused-ring (bicyclic) bond motifs is 3. The monoisotopic (exact) mass is 440 g/mol. The van der Waals surface area contributed by atoms with E-state index in [9.17, 15) is 21.6 Å². The molecule has 0 aliphatic carbocycles. The van der Waals surface area contributed by atoms with Crippen LogP contribution in [-0.2, 0) is 20.0 Å². The second-order valence-corrected chi connectivity index (χ2v) is 10.1. The minimum Gasteiger partial charge on any atom is -0.422 e. The fourth-order valence-corrected chi connectivity index (χ4v) is 5.01. The summed E-state index contributed by atoms with van der Waals surface area (Å²) in [5.74, 6) is 0. The lowest BCUT2D eigenvalue weighted by atomic mass is 10.1. The van der Waals surface area contributed by atoms with E-state index in [4.69, 9.17) is 4.42 Å². The Labute approximate surface area is 167 Å². The van der Waals surface area contributed by atoms with Crippen LogP contribution in [0, 0.1) is 0 Å². The highest BCUT2D eigenvalue weighted by molar-refractivity contribution is 7.89. The van der Waals surface area contributed by atoms with Crippen LogP contribution in [0.4, 0.5) is 0 Å². The second-order valence-electron chi connectivity index (χ2n) is 6.73. The van der Waals surface area contributed by atoms with E-state index in [1.807, 2.05) is 0 Å². The molecule has 0 fully saturated rings. The number of nitrogens with one attached hydrogen (secondary N) is 2. The summed E-state index contributed by atoms with van der Waals surface area (Å²) in [4.78, 5) is 16.9. The van der Waals surface area contributed by atoms with Gasteiger partial charge in [0.25, 0.3) is 20.0 Å². The predicted molar refractivity (Wildman–Crippen MR) is 108 cm³/mol.